The van der Waals surface area contributed by atoms with Crippen LogP contribution in [-0.4, -0.2) is 17.9 Å². The van der Waals surface area contributed by atoms with Gasteiger partial charge in [0, 0.05) is 17.6 Å². The molecule has 2 aromatic rings. The molecule has 0 aliphatic carbocycles. The molecule has 2 rings (SSSR count). The quantitative estimate of drug-likeness (QED) is 0.850. The van der Waals surface area contributed by atoms with E-state index in [1.807, 2.05) is 44.2 Å². The van der Waals surface area contributed by atoms with Crippen LogP contribution in [0.15, 0.2) is 30.3 Å². The van der Waals surface area contributed by atoms with Crippen molar-refractivity contribution in [2.24, 2.45) is 0 Å². The van der Waals surface area contributed by atoms with Crippen molar-refractivity contribution in [1.29, 1.82) is 0 Å². The average molecular weight is 260 g/mol. The molecule has 0 N–H and O–H groups in total. The Hall–Kier alpha value is -1.68. The van der Waals surface area contributed by atoms with Crippen molar-refractivity contribution >= 4 is 22.9 Å². The molecule has 0 aliphatic rings. The molecule has 0 unspecified atom stereocenters. The summed E-state index contributed by atoms with van der Waals surface area (Å²) in [7, 11) is 1.81. The largest absolute Gasteiger partial charge is 0.315 e. The minimum atomic E-state index is 0.0907. The molecule has 3 nitrogen and oxygen atoms in total. The number of anilines is 1. The maximum atomic E-state index is 12.2. The molecule has 0 saturated heterocycles. The van der Waals surface area contributed by atoms with E-state index in [1.54, 1.807) is 23.3 Å². The van der Waals surface area contributed by atoms with Gasteiger partial charge in [-0.15, -0.1) is 11.3 Å². The van der Waals surface area contributed by atoms with E-state index in [2.05, 4.69) is 4.98 Å². The van der Waals surface area contributed by atoms with E-state index in [1.165, 1.54) is 0 Å². The van der Waals surface area contributed by atoms with Gasteiger partial charge in [0.25, 0.3) is 0 Å². The number of aromatic nitrogens is 1. The Balaban J connectivity index is 2.11. The second kappa shape index (κ2) is 5.31. The predicted molar refractivity (Wildman–Crippen MR) is 75.1 cm³/mol. The zero-order chi connectivity index (χ0) is 13.1. The molecule has 0 bridgehead atoms. The van der Waals surface area contributed by atoms with Gasteiger partial charge in [0.05, 0.1) is 17.1 Å². The predicted octanol–water partition coefficient (Wildman–Crippen LogP) is 2.97. The Morgan fingerprint density at radius 3 is 2.50 bits per heavy atom. The van der Waals surface area contributed by atoms with Gasteiger partial charge in [-0.3, -0.25) is 4.79 Å². The van der Waals surface area contributed by atoms with Gasteiger partial charge in [0.2, 0.25) is 5.91 Å². The average Bonchev–Trinajstić information content (AvgIpc) is 2.68. The lowest BCUT2D eigenvalue weighted by molar-refractivity contribution is -0.117. The van der Waals surface area contributed by atoms with Crippen molar-refractivity contribution in [2.75, 3.05) is 11.9 Å². The van der Waals surface area contributed by atoms with Crippen LogP contribution in [0, 0.1) is 13.8 Å². The van der Waals surface area contributed by atoms with Crippen LogP contribution < -0.4 is 4.90 Å². The van der Waals surface area contributed by atoms with Crippen LogP contribution in [0.2, 0.25) is 0 Å². The van der Waals surface area contributed by atoms with Crippen LogP contribution in [0.4, 0.5) is 5.69 Å². The van der Waals surface area contributed by atoms with Crippen LogP contribution in [0.25, 0.3) is 0 Å². The topological polar surface area (TPSA) is 33.2 Å². The van der Waals surface area contributed by atoms with Gasteiger partial charge in [0.15, 0.2) is 0 Å². The Labute approximate surface area is 111 Å². The number of hydrogen-bond acceptors (Lipinski definition) is 3. The minimum Gasteiger partial charge on any atom is -0.315 e. The van der Waals surface area contributed by atoms with E-state index in [0.29, 0.717) is 6.42 Å². The molecule has 1 aromatic heterocycles. The molecule has 0 aliphatic heterocycles. The number of likely N-dealkylation sites (N-methyl/N-ethyl adjacent to an activating group) is 1. The third kappa shape index (κ3) is 2.76. The molecule has 18 heavy (non-hydrogen) atoms. The third-order valence-electron chi connectivity index (χ3n) is 2.83. The zero-order valence-corrected chi connectivity index (χ0v) is 11.6. The fraction of sp³-hybridized carbons (Fsp3) is 0.286. The molecular formula is C14H16N2OS. The first kappa shape index (κ1) is 12.8. The standard InChI is InChI=1S/C14H16N2OS/c1-10-13(18-11(2)15-10)9-14(17)16(3)12-7-5-4-6-8-12/h4-8H,9H2,1-3H3. The molecule has 0 saturated carbocycles. The fourth-order valence-corrected chi connectivity index (χ4v) is 2.72. The highest BCUT2D eigenvalue weighted by atomic mass is 32.1. The van der Waals surface area contributed by atoms with E-state index < -0.39 is 0 Å². The van der Waals surface area contributed by atoms with Crippen LogP contribution in [0.5, 0.6) is 0 Å². The van der Waals surface area contributed by atoms with Gasteiger partial charge in [-0.2, -0.15) is 0 Å². The van der Waals surface area contributed by atoms with Gasteiger partial charge >= 0.3 is 0 Å². The molecule has 0 fully saturated rings. The monoisotopic (exact) mass is 260 g/mol. The number of amides is 1. The Kier molecular flexibility index (Phi) is 3.77. The molecule has 1 heterocycles. The summed E-state index contributed by atoms with van der Waals surface area (Å²) in [5.41, 5.74) is 1.88. The smallest absolute Gasteiger partial charge is 0.232 e. The summed E-state index contributed by atoms with van der Waals surface area (Å²) in [6.07, 6.45) is 0.419. The fourth-order valence-electron chi connectivity index (χ4n) is 1.79. The lowest BCUT2D eigenvalue weighted by Gasteiger charge is -2.16. The van der Waals surface area contributed by atoms with E-state index >= 15 is 0 Å². The SMILES string of the molecule is Cc1nc(C)c(CC(=O)N(C)c2ccccc2)s1. The maximum absolute atomic E-state index is 12.2. The molecule has 0 spiro atoms. The number of carbonyl (C=O) groups excluding carboxylic acids is 1. The van der Waals surface area contributed by atoms with Crippen LogP contribution >= 0.6 is 11.3 Å². The van der Waals surface area contributed by atoms with E-state index in [9.17, 15) is 4.79 Å². The van der Waals surface area contributed by atoms with Gasteiger partial charge < -0.3 is 4.90 Å². The Morgan fingerprint density at radius 1 is 1.28 bits per heavy atom. The number of benzene rings is 1. The van der Waals surface area contributed by atoms with Crippen molar-refractivity contribution in [3.05, 3.63) is 45.9 Å². The second-order valence-electron chi connectivity index (χ2n) is 4.21. The number of para-hydroxylation sites is 1. The minimum absolute atomic E-state index is 0.0907. The van der Waals surface area contributed by atoms with Crippen molar-refractivity contribution in [1.82, 2.24) is 4.98 Å². The number of aryl methyl sites for hydroxylation is 2. The van der Waals surface area contributed by atoms with Gasteiger partial charge in [-0.1, -0.05) is 18.2 Å². The Morgan fingerprint density at radius 2 is 1.94 bits per heavy atom. The summed E-state index contributed by atoms with van der Waals surface area (Å²) < 4.78 is 0. The van der Waals surface area contributed by atoms with Crippen LogP contribution in [0.1, 0.15) is 15.6 Å². The lowest BCUT2D eigenvalue weighted by atomic mass is 10.2. The second-order valence-corrected chi connectivity index (χ2v) is 5.49. The van der Waals surface area contributed by atoms with Crippen molar-refractivity contribution < 1.29 is 4.79 Å². The maximum Gasteiger partial charge on any atom is 0.232 e. The highest BCUT2D eigenvalue weighted by molar-refractivity contribution is 7.11. The molecule has 94 valence electrons. The molecule has 1 amide bonds. The highest BCUT2D eigenvalue weighted by Crippen LogP contribution is 2.20. The first-order valence-corrected chi connectivity index (χ1v) is 6.64. The number of hydrogen-bond donors (Lipinski definition) is 0. The molecule has 1 aromatic carbocycles. The van der Waals surface area contributed by atoms with Crippen molar-refractivity contribution in [3.63, 3.8) is 0 Å². The molecule has 0 radical (unpaired) electrons. The van der Waals surface area contributed by atoms with Crippen LogP contribution in [0.3, 0.4) is 0 Å². The van der Waals surface area contributed by atoms with Gasteiger partial charge in [-0.25, -0.2) is 4.98 Å². The Bertz CT molecular complexity index is 548. The van der Waals surface area contributed by atoms with Gasteiger partial charge in [0.1, 0.15) is 0 Å². The van der Waals surface area contributed by atoms with Crippen molar-refractivity contribution in [3.8, 4) is 0 Å². The normalized spacial score (nSPS) is 10.4. The molecule has 0 atom stereocenters. The summed E-state index contributed by atoms with van der Waals surface area (Å²) >= 11 is 1.60. The van der Waals surface area contributed by atoms with E-state index in [4.69, 9.17) is 0 Å². The van der Waals surface area contributed by atoms with Crippen molar-refractivity contribution in [2.45, 2.75) is 20.3 Å². The summed E-state index contributed by atoms with van der Waals surface area (Å²) in [5, 5.41) is 1.01. The zero-order valence-electron chi connectivity index (χ0n) is 10.8. The number of nitrogens with zero attached hydrogens (tertiary/aromatic N) is 2. The first-order valence-electron chi connectivity index (χ1n) is 5.82. The summed E-state index contributed by atoms with van der Waals surface area (Å²) in [4.78, 5) is 19.3. The third-order valence-corrected chi connectivity index (χ3v) is 3.90. The van der Waals surface area contributed by atoms with E-state index in [-0.39, 0.29) is 5.91 Å². The summed E-state index contributed by atoms with van der Waals surface area (Å²) in [6, 6.07) is 9.67. The molecular weight excluding hydrogens is 244 g/mol. The van der Waals surface area contributed by atoms with E-state index in [0.717, 1.165) is 21.3 Å². The number of thiazole rings is 1. The first-order chi connectivity index (χ1) is 8.58. The highest BCUT2D eigenvalue weighted by Gasteiger charge is 2.14. The van der Waals surface area contributed by atoms with Gasteiger partial charge in [-0.05, 0) is 26.0 Å². The summed E-state index contributed by atoms with van der Waals surface area (Å²) in [5.74, 6) is 0.0907. The number of carbonyl (C=O) groups is 1. The molecule has 4 heteroatoms. The lowest BCUT2D eigenvalue weighted by Crippen LogP contribution is -2.27. The number of rotatable bonds is 3. The van der Waals surface area contributed by atoms with Crippen LogP contribution in [-0.2, 0) is 11.2 Å². The summed E-state index contributed by atoms with van der Waals surface area (Å²) in [6.45, 7) is 3.92.